The van der Waals surface area contributed by atoms with Crippen LogP contribution < -0.4 is 19.8 Å². The maximum atomic E-state index is 13.2. The summed E-state index contributed by atoms with van der Waals surface area (Å²) < 4.78 is 32.9. The largest absolute Gasteiger partial charge is 0.484 e. The van der Waals surface area contributed by atoms with Crippen molar-refractivity contribution in [3.63, 3.8) is 0 Å². The van der Waals surface area contributed by atoms with Crippen molar-refractivity contribution in [1.82, 2.24) is 10.4 Å². The number of carbonyl (C=O) groups is 2. The van der Waals surface area contributed by atoms with Crippen molar-refractivity contribution in [2.45, 2.75) is 4.90 Å². The van der Waals surface area contributed by atoms with Gasteiger partial charge in [-0.1, -0.05) is 41.9 Å². The van der Waals surface area contributed by atoms with Gasteiger partial charge in [-0.2, -0.15) is 5.10 Å². The average Bonchev–Trinajstić information content (AvgIpc) is 2.96. The number of hydrogen-bond donors (Lipinski definition) is 2. The topological polar surface area (TPSA) is 130 Å². The molecule has 204 valence electrons. The number of pyridine rings is 1. The van der Waals surface area contributed by atoms with E-state index in [9.17, 15) is 18.0 Å². The monoisotopic (exact) mass is 577 g/mol. The minimum absolute atomic E-state index is 0.0289. The highest BCUT2D eigenvalue weighted by molar-refractivity contribution is 7.92. The van der Waals surface area contributed by atoms with Crippen LogP contribution in [0.25, 0.3) is 0 Å². The van der Waals surface area contributed by atoms with Gasteiger partial charge in [-0.15, -0.1) is 0 Å². The summed E-state index contributed by atoms with van der Waals surface area (Å²) in [6.07, 6.45) is 2.84. The second-order valence-electron chi connectivity index (χ2n) is 8.22. The Morgan fingerprint density at radius 1 is 0.925 bits per heavy atom. The first-order chi connectivity index (χ1) is 19.3. The van der Waals surface area contributed by atoms with E-state index in [1.165, 1.54) is 30.6 Å². The summed E-state index contributed by atoms with van der Waals surface area (Å²) in [7, 11) is -4.05. The van der Waals surface area contributed by atoms with E-state index in [1.807, 2.05) is 0 Å². The standard InChI is InChI=1S/C28H24ClN5O5S/c29-22-7-6-8-23(17-22)32-28(36)20-39-24-14-12-21(13-15-24)18-31-33-27(35)19-34(26-11-4-5-16-30-26)40(37,38)25-9-2-1-3-10-25/h1-18H,19-20H2,(H,32,36)(H,33,35). The van der Waals surface area contributed by atoms with Crippen molar-refractivity contribution in [2.24, 2.45) is 5.10 Å². The van der Waals surface area contributed by atoms with Gasteiger partial charge in [0.05, 0.1) is 11.1 Å². The molecule has 2 N–H and O–H groups in total. The van der Waals surface area contributed by atoms with E-state index in [1.54, 1.807) is 78.9 Å². The predicted molar refractivity (Wildman–Crippen MR) is 153 cm³/mol. The number of aromatic nitrogens is 1. The molecule has 40 heavy (non-hydrogen) atoms. The molecule has 2 amide bonds. The van der Waals surface area contributed by atoms with Gasteiger partial charge < -0.3 is 10.1 Å². The van der Waals surface area contributed by atoms with E-state index >= 15 is 0 Å². The summed E-state index contributed by atoms with van der Waals surface area (Å²) in [4.78, 5) is 28.8. The molecule has 0 aliphatic carbocycles. The molecule has 0 fully saturated rings. The summed E-state index contributed by atoms with van der Waals surface area (Å²) in [5.41, 5.74) is 3.54. The molecule has 10 nitrogen and oxygen atoms in total. The van der Waals surface area contributed by atoms with Gasteiger partial charge in [-0.3, -0.25) is 9.59 Å². The van der Waals surface area contributed by atoms with Crippen molar-refractivity contribution in [2.75, 3.05) is 22.8 Å². The molecule has 0 bridgehead atoms. The smallest absolute Gasteiger partial charge is 0.265 e. The third-order valence-electron chi connectivity index (χ3n) is 5.28. The zero-order valence-electron chi connectivity index (χ0n) is 21.0. The molecule has 0 unspecified atom stereocenters. The number of benzene rings is 3. The molecule has 3 aromatic carbocycles. The highest BCUT2D eigenvalue weighted by Crippen LogP contribution is 2.21. The van der Waals surface area contributed by atoms with E-state index in [-0.39, 0.29) is 23.2 Å². The number of hydrogen-bond acceptors (Lipinski definition) is 7. The summed E-state index contributed by atoms with van der Waals surface area (Å²) in [5, 5.41) is 7.12. The lowest BCUT2D eigenvalue weighted by Crippen LogP contribution is -2.40. The molecular formula is C28H24ClN5O5S. The molecule has 1 heterocycles. The van der Waals surface area contributed by atoms with E-state index in [0.29, 0.717) is 22.0 Å². The van der Waals surface area contributed by atoms with Crippen LogP contribution in [-0.4, -0.2) is 44.6 Å². The number of sulfonamides is 1. The molecule has 0 saturated carbocycles. The fraction of sp³-hybridized carbons (Fsp3) is 0.0714. The molecule has 0 aliphatic heterocycles. The van der Waals surface area contributed by atoms with Gasteiger partial charge in [-0.05, 0) is 72.3 Å². The third-order valence-corrected chi connectivity index (χ3v) is 7.28. The molecule has 0 saturated heterocycles. The first-order valence-corrected chi connectivity index (χ1v) is 13.7. The average molecular weight is 578 g/mol. The van der Waals surface area contributed by atoms with E-state index in [4.69, 9.17) is 16.3 Å². The highest BCUT2D eigenvalue weighted by atomic mass is 35.5. The van der Waals surface area contributed by atoms with Gasteiger partial charge in [0, 0.05) is 16.9 Å². The van der Waals surface area contributed by atoms with Crippen LogP contribution in [0.5, 0.6) is 5.75 Å². The summed E-state index contributed by atoms with van der Waals surface area (Å²) in [5.74, 6) is -0.446. The van der Waals surface area contributed by atoms with Crippen LogP contribution in [0.2, 0.25) is 5.02 Å². The van der Waals surface area contributed by atoms with Gasteiger partial charge in [-0.25, -0.2) is 23.1 Å². The second kappa shape index (κ2) is 13.4. The maximum absolute atomic E-state index is 13.2. The Morgan fingerprint density at radius 3 is 2.38 bits per heavy atom. The Bertz CT molecular complexity index is 1580. The lowest BCUT2D eigenvalue weighted by molar-refractivity contribution is -0.119. The lowest BCUT2D eigenvalue weighted by atomic mass is 10.2. The van der Waals surface area contributed by atoms with Crippen LogP contribution >= 0.6 is 11.6 Å². The van der Waals surface area contributed by atoms with Crippen molar-refractivity contribution in [3.8, 4) is 5.75 Å². The van der Waals surface area contributed by atoms with Crippen molar-refractivity contribution < 1.29 is 22.7 Å². The van der Waals surface area contributed by atoms with Gasteiger partial charge in [0.15, 0.2) is 6.61 Å². The SMILES string of the molecule is O=C(CN(c1ccccn1)S(=O)(=O)c1ccccc1)NN=Cc1ccc(OCC(=O)Nc2cccc(Cl)c2)cc1. The zero-order chi connectivity index (χ0) is 28.4. The number of nitrogens with zero attached hydrogens (tertiary/aromatic N) is 3. The molecule has 0 aliphatic rings. The normalized spacial score (nSPS) is 11.1. The second-order valence-corrected chi connectivity index (χ2v) is 10.5. The molecule has 4 aromatic rings. The van der Waals surface area contributed by atoms with Crippen LogP contribution in [0.3, 0.4) is 0 Å². The Hall–Kier alpha value is -4.74. The minimum Gasteiger partial charge on any atom is -0.484 e. The zero-order valence-corrected chi connectivity index (χ0v) is 22.5. The third kappa shape index (κ3) is 7.88. The van der Waals surface area contributed by atoms with Crippen LogP contribution in [0, 0.1) is 0 Å². The molecule has 0 spiro atoms. The van der Waals surface area contributed by atoms with Crippen LogP contribution in [0.4, 0.5) is 11.5 Å². The fourth-order valence-electron chi connectivity index (χ4n) is 3.42. The first-order valence-electron chi connectivity index (χ1n) is 11.9. The van der Waals surface area contributed by atoms with Crippen LogP contribution in [0.15, 0.2) is 113 Å². The summed E-state index contributed by atoms with van der Waals surface area (Å²) in [6, 6.07) is 26.0. The van der Waals surface area contributed by atoms with Crippen molar-refractivity contribution in [3.05, 3.63) is 114 Å². The first kappa shape index (κ1) is 28.3. The Labute approximate surface area is 236 Å². The molecule has 0 atom stereocenters. The number of halogens is 1. The number of ether oxygens (including phenoxy) is 1. The minimum atomic E-state index is -4.05. The summed E-state index contributed by atoms with van der Waals surface area (Å²) >= 11 is 5.91. The van der Waals surface area contributed by atoms with Gasteiger partial charge in [0.25, 0.3) is 21.8 Å². The van der Waals surface area contributed by atoms with Gasteiger partial charge >= 0.3 is 0 Å². The maximum Gasteiger partial charge on any atom is 0.265 e. The van der Waals surface area contributed by atoms with Crippen LogP contribution in [0.1, 0.15) is 5.56 Å². The molecule has 0 radical (unpaired) electrons. The van der Waals surface area contributed by atoms with E-state index < -0.39 is 22.5 Å². The molecular weight excluding hydrogens is 554 g/mol. The summed E-state index contributed by atoms with van der Waals surface area (Å²) in [6.45, 7) is -0.732. The van der Waals surface area contributed by atoms with Crippen LogP contribution in [-0.2, 0) is 19.6 Å². The van der Waals surface area contributed by atoms with Gasteiger partial charge in [0.2, 0.25) is 0 Å². The predicted octanol–water partition coefficient (Wildman–Crippen LogP) is 4.10. The fourth-order valence-corrected chi connectivity index (χ4v) is 5.00. The molecule has 12 heteroatoms. The molecule has 1 aromatic heterocycles. The number of hydrazone groups is 1. The number of carbonyl (C=O) groups excluding carboxylic acids is 2. The number of amides is 2. The lowest BCUT2D eigenvalue weighted by Gasteiger charge is -2.22. The van der Waals surface area contributed by atoms with Gasteiger partial charge in [0.1, 0.15) is 18.1 Å². The number of rotatable bonds is 11. The van der Waals surface area contributed by atoms with E-state index in [0.717, 1.165) is 4.31 Å². The Kier molecular flexibility index (Phi) is 9.44. The number of anilines is 2. The quantitative estimate of drug-likeness (QED) is 0.204. The van der Waals surface area contributed by atoms with Crippen molar-refractivity contribution in [1.29, 1.82) is 0 Å². The Morgan fingerprint density at radius 2 is 1.68 bits per heavy atom. The van der Waals surface area contributed by atoms with E-state index in [2.05, 4.69) is 20.8 Å². The van der Waals surface area contributed by atoms with Crippen molar-refractivity contribution >= 4 is 51.2 Å². The molecule has 4 rings (SSSR count). The highest BCUT2D eigenvalue weighted by Gasteiger charge is 2.27. The number of nitrogens with one attached hydrogen (secondary N) is 2. The Balaban J connectivity index is 1.32.